The fourth-order valence-electron chi connectivity index (χ4n) is 6.94. The van der Waals surface area contributed by atoms with Crippen molar-refractivity contribution in [2.45, 2.75) is 104 Å². The van der Waals surface area contributed by atoms with Gasteiger partial charge in [0.15, 0.2) is 0 Å². The minimum absolute atomic E-state index is 0.0112. The summed E-state index contributed by atoms with van der Waals surface area (Å²) in [6.45, 7) is 14.6. The van der Waals surface area contributed by atoms with E-state index < -0.39 is 11.0 Å². The lowest BCUT2D eigenvalue weighted by Gasteiger charge is -2.56. The molecule has 2 saturated carbocycles. The number of aliphatic hydroxyl groups excluding tert-OH is 1. The lowest BCUT2D eigenvalue weighted by atomic mass is 9.52. The van der Waals surface area contributed by atoms with E-state index in [-0.39, 0.29) is 24.5 Å². The molecule has 0 bridgehead atoms. The van der Waals surface area contributed by atoms with Gasteiger partial charge in [0.25, 0.3) is 0 Å². The van der Waals surface area contributed by atoms with Crippen LogP contribution in [0, 0.1) is 17.3 Å². The van der Waals surface area contributed by atoms with Gasteiger partial charge in [0.05, 0.1) is 11.7 Å². The van der Waals surface area contributed by atoms with Crippen molar-refractivity contribution < 1.29 is 19.7 Å². The second kappa shape index (κ2) is 13.7. The topological polar surface area (TPSA) is 66.8 Å². The Hall–Kier alpha value is -1.75. The van der Waals surface area contributed by atoms with Crippen LogP contribution < -0.4 is 0 Å². The third-order valence-electron chi connectivity index (χ3n) is 8.80. The summed E-state index contributed by atoms with van der Waals surface area (Å²) in [7, 11) is 1.77. The predicted octanol–water partition coefficient (Wildman–Crippen LogP) is 7.04. The number of aliphatic hydroxyl groups is 2. The Bertz CT molecular complexity index is 884. The second-order valence-electron chi connectivity index (χ2n) is 11.3. The molecule has 0 heterocycles. The fraction of sp³-hybridized carbons (Fsp3) is 0.656. The fourth-order valence-corrected chi connectivity index (χ4v) is 6.94. The Morgan fingerprint density at radius 3 is 2.56 bits per heavy atom. The Labute approximate surface area is 219 Å². The highest BCUT2D eigenvalue weighted by atomic mass is 16.5. The third kappa shape index (κ3) is 6.57. The molecule has 0 saturated heterocycles. The van der Waals surface area contributed by atoms with Crippen LogP contribution in [-0.2, 0) is 9.53 Å². The molecule has 0 aromatic carbocycles. The smallest absolute Gasteiger partial charge is 0.145 e. The molecule has 36 heavy (non-hydrogen) atoms. The molecule has 2 rings (SSSR count). The molecular weight excluding hydrogens is 448 g/mol. The zero-order valence-corrected chi connectivity index (χ0v) is 23.6. The maximum absolute atomic E-state index is 11.9. The average Bonchev–Trinajstić information content (AvgIpc) is 3.22. The molecule has 4 heteroatoms. The number of hydrogen-bond acceptors (Lipinski definition) is 4. The van der Waals surface area contributed by atoms with Crippen molar-refractivity contribution in [1.29, 1.82) is 0 Å². The normalized spacial score (nSPS) is 32.2. The van der Waals surface area contributed by atoms with Crippen LogP contribution in [0.25, 0.3) is 0 Å². The van der Waals surface area contributed by atoms with Gasteiger partial charge >= 0.3 is 0 Å². The van der Waals surface area contributed by atoms with Gasteiger partial charge in [0.1, 0.15) is 6.29 Å². The minimum Gasteiger partial charge on any atom is -0.396 e. The summed E-state index contributed by atoms with van der Waals surface area (Å²) in [6.07, 6.45) is 16.8. The molecule has 2 aliphatic rings. The molecule has 4 nitrogen and oxygen atoms in total. The summed E-state index contributed by atoms with van der Waals surface area (Å²) in [4.78, 5) is 11.8. The number of carbonyl (C=O) groups excluding carboxylic acids is 1. The first kappa shape index (κ1) is 30.5. The molecule has 0 aliphatic heterocycles. The van der Waals surface area contributed by atoms with Gasteiger partial charge in [-0.1, -0.05) is 60.1 Å². The average molecular weight is 499 g/mol. The Morgan fingerprint density at radius 2 is 1.97 bits per heavy atom. The Morgan fingerprint density at radius 1 is 1.25 bits per heavy atom. The van der Waals surface area contributed by atoms with Crippen molar-refractivity contribution in [2.24, 2.45) is 17.3 Å². The van der Waals surface area contributed by atoms with Gasteiger partial charge in [-0.2, -0.15) is 0 Å². The van der Waals surface area contributed by atoms with E-state index in [0.717, 1.165) is 61.5 Å². The number of aldehydes is 1. The summed E-state index contributed by atoms with van der Waals surface area (Å²) >= 11 is 0. The highest BCUT2D eigenvalue weighted by Crippen LogP contribution is 2.63. The standard InChI is InChI=1S/C32H50O4/c1-8-26(15-10-14-24(4)13-9-12-23(2)3)28-18-20-32(30(28)36-7)29(16-11-21-33)27(25(5)22-34)17-19-31(32,6)35/h10,12,14-15,22,28-30,33,35H,4,8-9,11,13,16-21H2,1-3,5-7H3. The van der Waals surface area contributed by atoms with Gasteiger partial charge in [0.2, 0.25) is 0 Å². The van der Waals surface area contributed by atoms with Crippen molar-refractivity contribution >= 4 is 6.29 Å². The monoisotopic (exact) mass is 498 g/mol. The van der Waals surface area contributed by atoms with Crippen LogP contribution in [0.15, 0.2) is 58.7 Å². The first-order valence-electron chi connectivity index (χ1n) is 13.8. The van der Waals surface area contributed by atoms with E-state index in [4.69, 9.17) is 4.74 Å². The summed E-state index contributed by atoms with van der Waals surface area (Å²) in [6, 6.07) is 0. The van der Waals surface area contributed by atoms with Gasteiger partial charge in [0, 0.05) is 25.0 Å². The van der Waals surface area contributed by atoms with Gasteiger partial charge < -0.3 is 14.9 Å². The molecule has 1 spiro atoms. The number of methoxy groups -OCH3 is 1. The van der Waals surface area contributed by atoms with Gasteiger partial charge in [-0.25, -0.2) is 0 Å². The van der Waals surface area contributed by atoms with Gasteiger partial charge in [-0.05, 0) is 97.0 Å². The largest absolute Gasteiger partial charge is 0.396 e. The van der Waals surface area contributed by atoms with Crippen LogP contribution in [0.2, 0.25) is 0 Å². The number of hydrogen-bond donors (Lipinski definition) is 2. The van der Waals surface area contributed by atoms with Crippen molar-refractivity contribution in [1.82, 2.24) is 0 Å². The highest BCUT2D eigenvalue weighted by molar-refractivity contribution is 5.74. The molecule has 0 amide bonds. The third-order valence-corrected chi connectivity index (χ3v) is 8.80. The van der Waals surface area contributed by atoms with Crippen molar-refractivity contribution in [3.8, 4) is 0 Å². The van der Waals surface area contributed by atoms with Crippen molar-refractivity contribution in [3.63, 3.8) is 0 Å². The lowest BCUT2D eigenvalue weighted by Crippen LogP contribution is -2.59. The molecule has 2 fully saturated rings. The van der Waals surface area contributed by atoms with Gasteiger partial charge in [-0.3, -0.25) is 4.79 Å². The SMILES string of the molecule is C=C(C=CC=C(CC)C1CCC2(C(CCCO)C(=C(C)C=O)CCC2(C)O)C1OC)CCC=C(C)C. The molecule has 5 atom stereocenters. The zero-order chi connectivity index (χ0) is 26.9. The zero-order valence-electron chi connectivity index (χ0n) is 23.6. The van der Waals surface area contributed by atoms with E-state index in [1.54, 1.807) is 7.11 Å². The van der Waals surface area contributed by atoms with Crippen molar-refractivity contribution in [3.05, 3.63) is 58.7 Å². The number of rotatable bonds is 12. The number of carbonyl (C=O) groups is 1. The van der Waals surface area contributed by atoms with Crippen LogP contribution >= 0.6 is 0 Å². The van der Waals surface area contributed by atoms with Gasteiger partial charge in [-0.15, -0.1) is 0 Å². The van der Waals surface area contributed by atoms with E-state index >= 15 is 0 Å². The van der Waals surface area contributed by atoms with E-state index in [9.17, 15) is 15.0 Å². The molecule has 202 valence electrons. The first-order chi connectivity index (χ1) is 17.1. The molecule has 0 radical (unpaired) electrons. The summed E-state index contributed by atoms with van der Waals surface area (Å²) in [5.74, 6) is 0.208. The summed E-state index contributed by atoms with van der Waals surface area (Å²) in [5.41, 5.74) is 4.27. The van der Waals surface area contributed by atoms with Crippen LogP contribution in [0.5, 0.6) is 0 Å². The Balaban J connectivity index is 2.42. The summed E-state index contributed by atoms with van der Waals surface area (Å²) in [5, 5.41) is 21.6. The number of allylic oxidation sites excluding steroid dienone is 8. The van der Waals surface area contributed by atoms with E-state index in [1.165, 1.54) is 11.1 Å². The summed E-state index contributed by atoms with van der Waals surface area (Å²) < 4.78 is 6.29. The highest BCUT2D eigenvalue weighted by Gasteiger charge is 2.64. The van der Waals surface area contributed by atoms with Crippen molar-refractivity contribution in [2.75, 3.05) is 13.7 Å². The second-order valence-corrected chi connectivity index (χ2v) is 11.3. The molecule has 2 aliphatic carbocycles. The van der Waals surface area contributed by atoms with Crippen LogP contribution in [-0.4, -0.2) is 41.9 Å². The molecule has 5 unspecified atom stereocenters. The maximum Gasteiger partial charge on any atom is 0.145 e. The molecule has 2 N–H and O–H groups in total. The predicted molar refractivity (Wildman–Crippen MR) is 150 cm³/mol. The van der Waals surface area contributed by atoms with E-state index in [0.29, 0.717) is 19.3 Å². The molecule has 0 aromatic rings. The van der Waals surface area contributed by atoms with E-state index in [1.807, 2.05) is 13.8 Å². The van der Waals surface area contributed by atoms with Crippen LogP contribution in [0.3, 0.4) is 0 Å². The molecular formula is C32H50O4. The first-order valence-corrected chi connectivity index (χ1v) is 13.8. The maximum atomic E-state index is 11.9. The Kier molecular flexibility index (Phi) is 11.6. The van der Waals surface area contributed by atoms with E-state index in [2.05, 4.69) is 51.7 Å². The minimum atomic E-state index is -0.914. The van der Waals surface area contributed by atoms with Crippen LogP contribution in [0.1, 0.15) is 92.4 Å². The van der Waals surface area contributed by atoms with Crippen LogP contribution in [0.4, 0.5) is 0 Å². The number of ether oxygens (including phenoxy) is 1. The lowest BCUT2D eigenvalue weighted by molar-refractivity contribution is -0.176. The molecule has 0 aromatic heterocycles. The quantitative estimate of drug-likeness (QED) is 0.131.